The second kappa shape index (κ2) is 4.69. The van der Waals surface area contributed by atoms with E-state index in [0.717, 1.165) is 31.1 Å². The number of allylic oxidation sites excluding steroid dienone is 1. The highest BCUT2D eigenvalue weighted by Crippen LogP contribution is 2.65. The average molecular weight is 302 g/mol. The van der Waals surface area contributed by atoms with E-state index in [1.54, 1.807) is 0 Å². The Morgan fingerprint density at radius 3 is 2.68 bits per heavy atom. The van der Waals surface area contributed by atoms with Gasteiger partial charge in [-0.3, -0.25) is 4.79 Å². The van der Waals surface area contributed by atoms with Gasteiger partial charge in [-0.25, -0.2) is 0 Å². The first-order chi connectivity index (χ1) is 10.4. The lowest BCUT2D eigenvalue weighted by atomic mass is 9.47. The van der Waals surface area contributed by atoms with Gasteiger partial charge in [0.05, 0.1) is 6.10 Å². The molecule has 2 nitrogen and oxygen atoms in total. The molecule has 0 bridgehead atoms. The molecule has 0 aliphatic heterocycles. The van der Waals surface area contributed by atoms with Crippen LogP contribution in [0.1, 0.15) is 65.7 Å². The molecule has 3 saturated carbocycles. The highest BCUT2D eigenvalue weighted by atomic mass is 16.3. The molecular formula is C20H30O2. The maximum Gasteiger partial charge on any atom is 0.158 e. The van der Waals surface area contributed by atoms with E-state index in [0.29, 0.717) is 11.7 Å². The van der Waals surface area contributed by atoms with Crippen molar-refractivity contribution in [1.29, 1.82) is 0 Å². The van der Waals surface area contributed by atoms with Crippen LogP contribution in [0.25, 0.3) is 0 Å². The van der Waals surface area contributed by atoms with Crippen molar-refractivity contribution >= 4 is 5.78 Å². The maximum atomic E-state index is 12.1. The molecule has 122 valence electrons. The van der Waals surface area contributed by atoms with Gasteiger partial charge in [-0.15, -0.1) is 0 Å². The molecule has 0 aromatic rings. The summed E-state index contributed by atoms with van der Waals surface area (Å²) in [6, 6.07) is 0. The average Bonchev–Trinajstić information content (AvgIpc) is 2.77. The van der Waals surface area contributed by atoms with Gasteiger partial charge < -0.3 is 5.11 Å². The number of carbonyl (C=O) groups is 1. The summed E-state index contributed by atoms with van der Waals surface area (Å²) in [5, 5.41) is 10.5. The predicted molar refractivity (Wildman–Crippen MR) is 87.3 cm³/mol. The van der Waals surface area contributed by atoms with Crippen molar-refractivity contribution < 1.29 is 9.90 Å². The minimum atomic E-state index is -0.0879. The topological polar surface area (TPSA) is 37.3 Å². The van der Waals surface area contributed by atoms with Crippen LogP contribution in [0, 0.1) is 34.5 Å². The van der Waals surface area contributed by atoms with Crippen LogP contribution in [-0.2, 0) is 4.79 Å². The summed E-state index contributed by atoms with van der Waals surface area (Å²) in [7, 11) is 0. The lowest BCUT2D eigenvalue weighted by Crippen LogP contribution is -2.52. The van der Waals surface area contributed by atoms with Gasteiger partial charge in [-0.1, -0.05) is 26.3 Å². The Hall–Kier alpha value is -0.630. The molecule has 4 rings (SSSR count). The Morgan fingerprint density at radius 2 is 1.91 bits per heavy atom. The molecule has 0 aromatic carbocycles. The first kappa shape index (κ1) is 14.9. The van der Waals surface area contributed by atoms with Crippen molar-refractivity contribution in [2.24, 2.45) is 34.5 Å². The van der Waals surface area contributed by atoms with Gasteiger partial charge in [0.25, 0.3) is 0 Å². The fourth-order valence-electron chi connectivity index (χ4n) is 6.87. The molecule has 7 atom stereocenters. The van der Waals surface area contributed by atoms with Gasteiger partial charge in [0.2, 0.25) is 0 Å². The highest BCUT2D eigenvalue weighted by molar-refractivity contribution is 5.93. The largest absolute Gasteiger partial charge is 0.393 e. The van der Waals surface area contributed by atoms with Gasteiger partial charge in [0, 0.05) is 5.92 Å². The zero-order chi connectivity index (χ0) is 15.7. The Labute approximate surface area is 134 Å². The Kier molecular flexibility index (Phi) is 3.18. The minimum Gasteiger partial charge on any atom is -0.393 e. The van der Waals surface area contributed by atoms with Crippen LogP contribution in [0.5, 0.6) is 0 Å². The molecule has 3 fully saturated rings. The smallest absolute Gasteiger partial charge is 0.158 e. The van der Waals surface area contributed by atoms with E-state index in [-0.39, 0.29) is 22.9 Å². The van der Waals surface area contributed by atoms with Gasteiger partial charge in [-0.05, 0) is 79.6 Å². The lowest BCUT2D eigenvalue weighted by molar-refractivity contribution is -0.122. The minimum absolute atomic E-state index is 0.0879. The van der Waals surface area contributed by atoms with Crippen molar-refractivity contribution in [1.82, 2.24) is 0 Å². The summed E-state index contributed by atoms with van der Waals surface area (Å²) in [6.07, 6.45) is 9.93. The summed E-state index contributed by atoms with van der Waals surface area (Å²) in [5.41, 5.74) is 1.85. The van der Waals surface area contributed by atoms with Crippen molar-refractivity contribution in [2.75, 3.05) is 0 Å². The predicted octanol–water partition coefficient (Wildman–Crippen LogP) is 4.13. The fourth-order valence-corrected chi connectivity index (χ4v) is 6.87. The third kappa shape index (κ3) is 1.79. The normalized spacial score (nSPS) is 54.3. The number of hydrogen-bond donors (Lipinski definition) is 1. The second-order valence-corrected chi connectivity index (χ2v) is 9.15. The summed E-state index contributed by atoms with van der Waals surface area (Å²) >= 11 is 0. The van der Waals surface area contributed by atoms with Crippen LogP contribution in [0.2, 0.25) is 0 Å². The lowest BCUT2D eigenvalue weighted by Gasteiger charge is -2.58. The Morgan fingerprint density at radius 1 is 1.14 bits per heavy atom. The van der Waals surface area contributed by atoms with E-state index in [1.807, 2.05) is 6.08 Å². The van der Waals surface area contributed by atoms with Gasteiger partial charge in [-0.2, -0.15) is 0 Å². The van der Waals surface area contributed by atoms with Gasteiger partial charge >= 0.3 is 0 Å². The van der Waals surface area contributed by atoms with Gasteiger partial charge in [0.15, 0.2) is 5.78 Å². The molecule has 1 N–H and O–H groups in total. The molecule has 0 spiro atoms. The van der Waals surface area contributed by atoms with E-state index >= 15 is 0 Å². The van der Waals surface area contributed by atoms with Crippen LogP contribution in [0.15, 0.2) is 11.6 Å². The third-order valence-corrected chi connectivity index (χ3v) is 8.22. The summed E-state index contributed by atoms with van der Waals surface area (Å²) in [4.78, 5) is 12.1. The third-order valence-electron chi connectivity index (χ3n) is 8.22. The quantitative estimate of drug-likeness (QED) is 0.730. The zero-order valence-electron chi connectivity index (χ0n) is 14.3. The number of aliphatic hydroxyl groups is 1. The van der Waals surface area contributed by atoms with Crippen LogP contribution in [-0.4, -0.2) is 17.0 Å². The maximum absolute atomic E-state index is 12.1. The van der Waals surface area contributed by atoms with Crippen molar-refractivity contribution in [3.8, 4) is 0 Å². The molecule has 0 aromatic heterocycles. The van der Waals surface area contributed by atoms with Crippen molar-refractivity contribution in [3.05, 3.63) is 11.6 Å². The number of aliphatic hydroxyl groups excluding tert-OH is 1. The first-order valence-electron chi connectivity index (χ1n) is 9.29. The SMILES string of the molecule is CC1CC2(C)C(=CC1=O)CCC1C2CCC2(C)C(O)CCC12. The van der Waals surface area contributed by atoms with E-state index < -0.39 is 0 Å². The summed E-state index contributed by atoms with van der Waals surface area (Å²) in [5.74, 6) is 2.73. The van der Waals surface area contributed by atoms with Crippen LogP contribution in [0.4, 0.5) is 0 Å². The Bertz CT molecular complexity index is 536. The first-order valence-corrected chi connectivity index (χ1v) is 9.29. The number of hydrogen-bond acceptors (Lipinski definition) is 2. The van der Waals surface area contributed by atoms with E-state index in [4.69, 9.17) is 0 Å². The molecule has 4 aliphatic rings. The van der Waals surface area contributed by atoms with Crippen LogP contribution in [0.3, 0.4) is 0 Å². The number of fused-ring (bicyclic) bond motifs is 5. The van der Waals surface area contributed by atoms with Crippen molar-refractivity contribution in [2.45, 2.75) is 71.8 Å². The number of carbonyl (C=O) groups excluding carboxylic acids is 1. The molecule has 0 radical (unpaired) electrons. The zero-order valence-corrected chi connectivity index (χ0v) is 14.3. The van der Waals surface area contributed by atoms with E-state index in [9.17, 15) is 9.90 Å². The molecule has 0 amide bonds. The fraction of sp³-hybridized carbons (Fsp3) is 0.850. The number of ketones is 1. The molecular weight excluding hydrogens is 272 g/mol. The Balaban J connectivity index is 1.70. The summed E-state index contributed by atoms with van der Waals surface area (Å²) < 4.78 is 0. The molecule has 0 saturated heterocycles. The monoisotopic (exact) mass is 302 g/mol. The van der Waals surface area contributed by atoms with Gasteiger partial charge in [0.1, 0.15) is 0 Å². The number of rotatable bonds is 0. The summed E-state index contributed by atoms with van der Waals surface area (Å²) in [6.45, 7) is 6.88. The molecule has 0 heterocycles. The van der Waals surface area contributed by atoms with Crippen molar-refractivity contribution in [3.63, 3.8) is 0 Å². The van der Waals surface area contributed by atoms with E-state index in [2.05, 4.69) is 20.8 Å². The standard InChI is InChI=1S/C20H30O2/c1-12-11-20(3)13(10-17(12)21)4-5-14-15-6-7-18(22)19(15,2)9-8-16(14)20/h10,12,14-16,18,22H,4-9,11H2,1-3H3. The molecule has 4 aliphatic carbocycles. The molecule has 22 heavy (non-hydrogen) atoms. The second-order valence-electron chi connectivity index (χ2n) is 9.15. The van der Waals surface area contributed by atoms with E-state index in [1.165, 1.54) is 31.3 Å². The highest BCUT2D eigenvalue weighted by Gasteiger charge is 2.59. The van der Waals surface area contributed by atoms with Crippen LogP contribution < -0.4 is 0 Å². The molecule has 2 heteroatoms. The molecule has 7 unspecified atom stereocenters. The van der Waals surface area contributed by atoms with Crippen LogP contribution >= 0.6 is 0 Å².